The minimum atomic E-state index is -0.771. The Morgan fingerprint density at radius 1 is 1.25 bits per heavy atom. The third-order valence-corrected chi connectivity index (χ3v) is 3.23. The molecule has 0 radical (unpaired) electrons. The quantitative estimate of drug-likeness (QED) is 0.833. The van der Waals surface area contributed by atoms with Crippen LogP contribution in [0.4, 0.5) is 0 Å². The molecule has 1 rings (SSSR count). The van der Waals surface area contributed by atoms with E-state index < -0.39 is 12.0 Å². The van der Waals surface area contributed by atoms with Crippen molar-refractivity contribution in [2.75, 3.05) is 0 Å². The molecule has 1 aromatic rings. The van der Waals surface area contributed by atoms with E-state index in [9.17, 15) is 9.90 Å². The Morgan fingerprint density at radius 2 is 1.80 bits per heavy atom. The molecular weight excluding hydrogens is 274 g/mol. The van der Waals surface area contributed by atoms with Crippen LogP contribution < -0.4 is 5.32 Å². The number of carboxylic acids is 1. The van der Waals surface area contributed by atoms with Crippen molar-refractivity contribution < 1.29 is 9.90 Å². The van der Waals surface area contributed by atoms with E-state index in [0.29, 0.717) is 6.42 Å². The summed E-state index contributed by atoms with van der Waals surface area (Å²) in [6.07, 6.45) is 1.54. The number of halogens is 1. The summed E-state index contributed by atoms with van der Waals surface area (Å²) in [5.41, 5.74) is 1.27. The van der Waals surface area contributed by atoms with Crippen LogP contribution in [0.25, 0.3) is 0 Å². The fraction of sp³-hybridized carbons (Fsp3) is 0.562. The molecule has 0 unspecified atom stereocenters. The highest BCUT2D eigenvalue weighted by atomic mass is 35.5. The van der Waals surface area contributed by atoms with Crippen molar-refractivity contribution in [1.82, 2.24) is 5.32 Å². The normalized spacial score (nSPS) is 14.2. The summed E-state index contributed by atoms with van der Waals surface area (Å²) in [4.78, 5) is 11.3. The lowest BCUT2D eigenvalue weighted by atomic mass is 9.88. The second kappa shape index (κ2) is 8.28. The minimum Gasteiger partial charge on any atom is -0.480 e. The van der Waals surface area contributed by atoms with Gasteiger partial charge in [0.25, 0.3) is 0 Å². The molecule has 0 aliphatic rings. The Kier molecular flexibility index (Phi) is 7.84. The lowest BCUT2D eigenvalue weighted by Crippen LogP contribution is -2.38. The number of rotatable bonds is 6. The van der Waals surface area contributed by atoms with Gasteiger partial charge in [-0.2, -0.15) is 0 Å². The fourth-order valence-corrected chi connectivity index (χ4v) is 2.00. The van der Waals surface area contributed by atoms with Gasteiger partial charge in [0.15, 0.2) is 0 Å². The average Bonchev–Trinajstić information content (AvgIpc) is 2.33. The van der Waals surface area contributed by atoms with Crippen molar-refractivity contribution in [3.63, 3.8) is 0 Å². The Hall–Kier alpha value is -1.06. The van der Waals surface area contributed by atoms with Crippen molar-refractivity contribution in [2.24, 2.45) is 5.41 Å². The zero-order chi connectivity index (χ0) is 14.5. The van der Waals surface area contributed by atoms with Crippen LogP contribution in [0.2, 0.25) is 0 Å². The highest BCUT2D eigenvalue weighted by molar-refractivity contribution is 5.85. The smallest absolute Gasteiger partial charge is 0.320 e. The molecule has 0 spiro atoms. The van der Waals surface area contributed by atoms with Gasteiger partial charge in [0, 0.05) is 6.04 Å². The first-order valence-electron chi connectivity index (χ1n) is 6.83. The lowest BCUT2D eigenvalue weighted by Gasteiger charge is -2.24. The third kappa shape index (κ3) is 6.92. The van der Waals surface area contributed by atoms with E-state index in [2.05, 4.69) is 26.1 Å². The van der Waals surface area contributed by atoms with Crippen LogP contribution in [-0.2, 0) is 4.79 Å². The van der Waals surface area contributed by atoms with Crippen LogP contribution in [-0.4, -0.2) is 17.1 Å². The van der Waals surface area contributed by atoms with Crippen molar-refractivity contribution in [1.29, 1.82) is 0 Å². The van der Waals surface area contributed by atoms with Crippen molar-refractivity contribution in [3.8, 4) is 0 Å². The van der Waals surface area contributed by atoms with Gasteiger partial charge in [0.2, 0.25) is 0 Å². The van der Waals surface area contributed by atoms with E-state index in [4.69, 9.17) is 0 Å². The van der Waals surface area contributed by atoms with Gasteiger partial charge < -0.3 is 5.11 Å². The molecule has 0 aromatic heterocycles. The average molecular weight is 300 g/mol. The summed E-state index contributed by atoms with van der Waals surface area (Å²) < 4.78 is 0. The topological polar surface area (TPSA) is 49.3 Å². The molecule has 0 fully saturated rings. The maximum Gasteiger partial charge on any atom is 0.320 e. The fourth-order valence-electron chi connectivity index (χ4n) is 2.00. The minimum absolute atomic E-state index is 0. The summed E-state index contributed by atoms with van der Waals surface area (Å²) in [7, 11) is 0. The molecular formula is C16H26ClNO2. The molecule has 114 valence electrons. The van der Waals surface area contributed by atoms with Crippen LogP contribution in [0.15, 0.2) is 30.3 Å². The molecule has 4 heteroatoms. The molecule has 2 atom stereocenters. The van der Waals surface area contributed by atoms with Gasteiger partial charge in [-0.1, -0.05) is 51.1 Å². The standard InChI is InChI=1S/C16H25NO2.ClH/c1-12(13-8-6-5-7-9-13)17-14(15(18)19)10-11-16(2,3)4;/h5-9,12,14,17H,10-11H2,1-4H3,(H,18,19);1H/t12-,14-;/m0./s1. The molecule has 0 amide bonds. The Balaban J connectivity index is 0.00000361. The molecule has 20 heavy (non-hydrogen) atoms. The molecule has 0 aliphatic heterocycles. The van der Waals surface area contributed by atoms with Gasteiger partial charge >= 0.3 is 5.97 Å². The molecule has 2 N–H and O–H groups in total. The first-order valence-corrected chi connectivity index (χ1v) is 6.83. The lowest BCUT2D eigenvalue weighted by molar-refractivity contribution is -0.140. The third-order valence-electron chi connectivity index (χ3n) is 3.23. The Labute approximate surface area is 128 Å². The summed E-state index contributed by atoms with van der Waals surface area (Å²) in [6, 6.07) is 9.49. The molecule has 0 heterocycles. The van der Waals surface area contributed by atoms with Crippen LogP contribution >= 0.6 is 12.4 Å². The van der Waals surface area contributed by atoms with E-state index in [0.717, 1.165) is 12.0 Å². The Morgan fingerprint density at radius 3 is 2.25 bits per heavy atom. The molecule has 1 aromatic carbocycles. The van der Waals surface area contributed by atoms with Gasteiger partial charge in [0.05, 0.1) is 0 Å². The van der Waals surface area contributed by atoms with E-state index in [1.54, 1.807) is 0 Å². The van der Waals surface area contributed by atoms with Gasteiger partial charge in [0.1, 0.15) is 6.04 Å². The summed E-state index contributed by atoms with van der Waals surface area (Å²) >= 11 is 0. The number of carbonyl (C=O) groups is 1. The van der Waals surface area contributed by atoms with Crippen molar-refractivity contribution >= 4 is 18.4 Å². The monoisotopic (exact) mass is 299 g/mol. The first kappa shape index (κ1) is 18.9. The van der Waals surface area contributed by atoms with Gasteiger partial charge in [-0.3, -0.25) is 10.1 Å². The SMILES string of the molecule is C[C@H](N[C@@H](CCC(C)(C)C)C(=O)O)c1ccccc1.Cl. The van der Waals surface area contributed by atoms with E-state index in [-0.39, 0.29) is 23.9 Å². The van der Waals surface area contributed by atoms with Gasteiger partial charge in [-0.25, -0.2) is 0 Å². The second-order valence-corrected chi connectivity index (χ2v) is 6.29. The Bertz CT molecular complexity index is 401. The zero-order valence-electron chi connectivity index (χ0n) is 12.7. The summed E-state index contributed by atoms with van der Waals surface area (Å²) in [6.45, 7) is 8.40. The second-order valence-electron chi connectivity index (χ2n) is 6.29. The van der Waals surface area contributed by atoms with E-state index >= 15 is 0 Å². The predicted octanol–water partition coefficient (Wildman–Crippen LogP) is 4.04. The number of nitrogens with one attached hydrogen (secondary N) is 1. The molecule has 0 saturated heterocycles. The number of aliphatic carboxylic acids is 1. The van der Waals surface area contributed by atoms with Crippen LogP contribution in [0, 0.1) is 5.41 Å². The number of benzene rings is 1. The highest BCUT2D eigenvalue weighted by Gasteiger charge is 2.22. The molecule has 0 saturated carbocycles. The predicted molar refractivity (Wildman–Crippen MR) is 85.4 cm³/mol. The largest absolute Gasteiger partial charge is 0.480 e. The first-order chi connectivity index (χ1) is 8.79. The number of hydrogen-bond acceptors (Lipinski definition) is 2. The van der Waals surface area contributed by atoms with Crippen LogP contribution in [0.5, 0.6) is 0 Å². The van der Waals surface area contributed by atoms with E-state index in [1.165, 1.54) is 0 Å². The van der Waals surface area contributed by atoms with Crippen LogP contribution in [0.3, 0.4) is 0 Å². The van der Waals surface area contributed by atoms with Gasteiger partial charge in [-0.15, -0.1) is 12.4 Å². The molecule has 0 aliphatic carbocycles. The zero-order valence-corrected chi connectivity index (χ0v) is 13.5. The van der Waals surface area contributed by atoms with Crippen LogP contribution in [0.1, 0.15) is 52.1 Å². The summed E-state index contributed by atoms with van der Waals surface area (Å²) in [5.74, 6) is -0.771. The number of hydrogen-bond donors (Lipinski definition) is 2. The summed E-state index contributed by atoms with van der Waals surface area (Å²) in [5, 5.41) is 12.5. The van der Waals surface area contributed by atoms with E-state index in [1.807, 2.05) is 37.3 Å². The highest BCUT2D eigenvalue weighted by Crippen LogP contribution is 2.22. The number of carboxylic acid groups (broad SMARTS) is 1. The molecule has 3 nitrogen and oxygen atoms in total. The maximum atomic E-state index is 11.3. The maximum absolute atomic E-state index is 11.3. The van der Waals surface area contributed by atoms with Crippen molar-refractivity contribution in [3.05, 3.63) is 35.9 Å². The molecule has 0 bridgehead atoms. The van der Waals surface area contributed by atoms with Crippen molar-refractivity contribution in [2.45, 2.75) is 52.6 Å². The van der Waals surface area contributed by atoms with Gasteiger partial charge in [-0.05, 0) is 30.7 Å².